The molecule has 1 aliphatic heterocycles. The monoisotopic (exact) mass is 318 g/mol. The van der Waals surface area contributed by atoms with Gasteiger partial charge in [-0.1, -0.05) is 17.6 Å². The Bertz CT molecular complexity index is 761. The molecule has 0 saturated carbocycles. The van der Waals surface area contributed by atoms with E-state index < -0.39 is 12.7 Å². The molecule has 3 rings (SSSR count). The first-order valence-corrected chi connectivity index (χ1v) is 7.19. The zero-order valence-corrected chi connectivity index (χ0v) is 12.2. The van der Waals surface area contributed by atoms with Crippen LogP contribution in [-0.4, -0.2) is 44.3 Å². The summed E-state index contributed by atoms with van der Waals surface area (Å²) < 4.78 is 6.38. The minimum atomic E-state index is -3.08. The first-order valence-electron chi connectivity index (χ1n) is 7.19. The van der Waals surface area contributed by atoms with E-state index in [1.165, 1.54) is 4.68 Å². The number of aromatic carboxylic acids is 1. The fourth-order valence-corrected chi connectivity index (χ4v) is 2.60. The van der Waals surface area contributed by atoms with Crippen molar-refractivity contribution in [2.75, 3.05) is 6.54 Å². The van der Waals surface area contributed by atoms with Gasteiger partial charge in [0.15, 0.2) is 0 Å². The number of hydrogen-bond acceptors (Lipinski definition) is 8. The molecule has 10 heteroatoms. The van der Waals surface area contributed by atoms with E-state index in [-0.39, 0.29) is 23.3 Å². The molecule has 0 saturated heterocycles. The quantitative estimate of drug-likeness (QED) is 0.548. The molecule has 1 aliphatic rings. The third-order valence-electron chi connectivity index (χ3n) is 3.71. The zero-order chi connectivity index (χ0) is 16.6. The standard InChI is InChI=1S/C13H16BN4O5/c15-6-4-9-7-18(17-16-9)10-2-1-8-3-5-14(21,22)23-12(8)11(10)13(19)20/h1-2,7,21-22H,3-6,15H2,(H,19,20)/q-1/p-1. The van der Waals surface area contributed by atoms with E-state index in [0.29, 0.717) is 30.6 Å². The first kappa shape index (κ1) is 15.5. The predicted octanol–water partition coefficient (Wildman–Crippen LogP) is -2.01. The number of rotatable bonds is 4. The van der Waals surface area contributed by atoms with Gasteiger partial charge in [-0.3, -0.25) is 0 Å². The zero-order valence-electron chi connectivity index (χ0n) is 12.2. The van der Waals surface area contributed by atoms with Crippen molar-refractivity contribution < 1.29 is 24.6 Å². The van der Waals surface area contributed by atoms with Gasteiger partial charge in [0.05, 0.1) is 34.9 Å². The number of benzene rings is 1. The molecule has 0 amide bonds. The van der Waals surface area contributed by atoms with Crippen molar-refractivity contribution in [2.24, 2.45) is 5.73 Å². The summed E-state index contributed by atoms with van der Waals surface area (Å²) in [5.41, 5.74) is 6.51. The van der Waals surface area contributed by atoms with Gasteiger partial charge in [0, 0.05) is 6.42 Å². The number of carboxylic acids is 1. The lowest BCUT2D eigenvalue weighted by molar-refractivity contribution is -0.255. The Morgan fingerprint density at radius 3 is 2.96 bits per heavy atom. The van der Waals surface area contributed by atoms with E-state index in [9.17, 15) is 19.9 Å². The van der Waals surface area contributed by atoms with E-state index in [4.69, 9.17) is 10.4 Å². The van der Waals surface area contributed by atoms with Crippen LogP contribution in [0.1, 0.15) is 21.6 Å². The fourth-order valence-electron chi connectivity index (χ4n) is 2.60. The fraction of sp³-hybridized carbons (Fsp3) is 0.308. The van der Waals surface area contributed by atoms with Gasteiger partial charge in [0.1, 0.15) is 0 Å². The first-order chi connectivity index (χ1) is 10.9. The molecule has 4 N–H and O–H groups in total. The Labute approximate surface area is 131 Å². The summed E-state index contributed by atoms with van der Waals surface area (Å²) in [4.78, 5) is 11.6. The molecule has 2 heterocycles. The Kier molecular flexibility index (Phi) is 3.80. The van der Waals surface area contributed by atoms with Crippen molar-refractivity contribution in [3.05, 3.63) is 35.2 Å². The second-order valence-corrected chi connectivity index (χ2v) is 5.44. The molecule has 1 aromatic carbocycles. The van der Waals surface area contributed by atoms with Crippen LogP contribution in [0.4, 0.5) is 0 Å². The summed E-state index contributed by atoms with van der Waals surface area (Å²) in [7, 11) is 0. The van der Waals surface area contributed by atoms with Gasteiger partial charge in [-0.05, 0) is 24.6 Å². The molecule has 0 spiro atoms. The highest BCUT2D eigenvalue weighted by molar-refractivity contribution is 6.59. The number of nitrogens with two attached hydrogens (primary N) is 1. The number of carbonyl (C=O) groups excluding carboxylic acids is 1. The molecule has 1 aromatic heterocycles. The highest BCUT2D eigenvalue weighted by Gasteiger charge is 2.31. The third kappa shape index (κ3) is 2.91. The normalized spacial score (nSPS) is 15.8. The van der Waals surface area contributed by atoms with Crippen molar-refractivity contribution in [3.8, 4) is 11.4 Å². The highest BCUT2D eigenvalue weighted by Crippen LogP contribution is 2.35. The van der Waals surface area contributed by atoms with Crippen LogP contribution >= 0.6 is 0 Å². The molecule has 122 valence electrons. The van der Waals surface area contributed by atoms with Gasteiger partial charge in [0.25, 0.3) is 0 Å². The summed E-state index contributed by atoms with van der Waals surface area (Å²) in [6.45, 7) is -2.70. The molecule has 0 radical (unpaired) electrons. The van der Waals surface area contributed by atoms with Gasteiger partial charge >= 0.3 is 6.75 Å². The molecule has 0 aliphatic carbocycles. The number of aromatic nitrogens is 3. The number of aryl methyl sites for hydroxylation is 1. The molecule has 0 atom stereocenters. The molecule has 0 unspecified atom stereocenters. The van der Waals surface area contributed by atoms with Crippen LogP contribution < -0.4 is 15.5 Å². The number of fused-ring (bicyclic) bond motifs is 1. The minimum Gasteiger partial charge on any atom is -0.669 e. The Balaban J connectivity index is 2.12. The van der Waals surface area contributed by atoms with Crippen molar-refractivity contribution in [3.63, 3.8) is 0 Å². The van der Waals surface area contributed by atoms with E-state index in [1.807, 2.05) is 0 Å². The lowest BCUT2D eigenvalue weighted by Crippen LogP contribution is -2.46. The third-order valence-corrected chi connectivity index (χ3v) is 3.71. The molecule has 0 fully saturated rings. The molecule has 23 heavy (non-hydrogen) atoms. The smallest absolute Gasteiger partial charge is 0.430 e. The average molecular weight is 318 g/mol. The largest absolute Gasteiger partial charge is 0.669 e. The van der Waals surface area contributed by atoms with E-state index in [2.05, 4.69) is 10.3 Å². The summed E-state index contributed by atoms with van der Waals surface area (Å²) in [6, 6.07) is 3.22. The SMILES string of the molecule is NCCc1cn(-c2ccc3c(c2C(=O)[O-])O[B-](O)(O)CC3)nn1. The molecular formula is C13H15BN4O5-2. The maximum atomic E-state index is 11.6. The van der Waals surface area contributed by atoms with Crippen LogP contribution in [0.25, 0.3) is 5.69 Å². The van der Waals surface area contributed by atoms with Crippen molar-refractivity contribution in [1.82, 2.24) is 15.0 Å². The lowest BCUT2D eigenvalue weighted by atomic mass is 9.70. The number of carbonyl (C=O) groups is 1. The second-order valence-electron chi connectivity index (χ2n) is 5.44. The summed E-state index contributed by atoms with van der Waals surface area (Å²) in [5.74, 6) is -1.60. The topological polar surface area (TPSA) is 147 Å². The predicted molar refractivity (Wildman–Crippen MR) is 77.8 cm³/mol. The number of hydrogen-bond donors (Lipinski definition) is 3. The minimum absolute atomic E-state index is 0.00279. The number of nitrogens with zero attached hydrogens (tertiary/aromatic N) is 3. The van der Waals surface area contributed by atoms with E-state index in [0.717, 1.165) is 0 Å². The van der Waals surface area contributed by atoms with Gasteiger partial charge in [-0.25, -0.2) is 4.68 Å². The van der Waals surface area contributed by atoms with Crippen molar-refractivity contribution in [2.45, 2.75) is 19.2 Å². The molecular weight excluding hydrogens is 303 g/mol. The number of carboxylic acid groups (broad SMARTS) is 1. The molecule has 9 nitrogen and oxygen atoms in total. The highest BCUT2D eigenvalue weighted by atomic mass is 16.6. The maximum absolute atomic E-state index is 11.6. The summed E-state index contributed by atoms with van der Waals surface area (Å²) >= 11 is 0. The average Bonchev–Trinajstić information content (AvgIpc) is 2.93. The molecule has 0 bridgehead atoms. The van der Waals surface area contributed by atoms with E-state index in [1.54, 1.807) is 18.3 Å². The van der Waals surface area contributed by atoms with Crippen LogP contribution in [0, 0.1) is 0 Å². The summed E-state index contributed by atoms with van der Waals surface area (Å²) in [5, 5.41) is 38.8. The van der Waals surface area contributed by atoms with Crippen molar-refractivity contribution >= 4 is 12.7 Å². The van der Waals surface area contributed by atoms with Gasteiger partial charge in [-0.15, -0.1) is 5.10 Å². The van der Waals surface area contributed by atoms with Gasteiger partial charge in [0.2, 0.25) is 0 Å². The second kappa shape index (κ2) is 5.65. The van der Waals surface area contributed by atoms with Crippen LogP contribution in [0.2, 0.25) is 6.32 Å². The summed E-state index contributed by atoms with van der Waals surface area (Å²) in [6.07, 6.45) is 2.35. The maximum Gasteiger partial charge on any atom is 0.430 e. The van der Waals surface area contributed by atoms with Crippen LogP contribution in [0.15, 0.2) is 18.3 Å². The van der Waals surface area contributed by atoms with Gasteiger partial charge in [-0.2, -0.15) is 0 Å². The van der Waals surface area contributed by atoms with Crippen molar-refractivity contribution in [1.29, 1.82) is 0 Å². The Morgan fingerprint density at radius 1 is 1.48 bits per heavy atom. The lowest BCUT2D eigenvalue weighted by Gasteiger charge is -2.38. The van der Waals surface area contributed by atoms with Gasteiger partial charge < -0.3 is 30.3 Å². The Morgan fingerprint density at radius 2 is 2.26 bits per heavy atom. The van der Waals surface area contributed by atoms with Crippen LogP contribution in [0.3, 0.4) is 0 Å². The van der Waals surface area contributed by atoms with E-state index >= 15 is 0 Å². The van der Waals surface area contributed by atoms with Crippen LogP contribution in [-0.2, 0) is 12.8 Å². The Hall–Kier alpha value is -2.43. The molecule has 2 aromatic rings. The van der Waals surface area contributed by atoms with Crippen LogP contribution in [0.5, 0.6) is 5.75 Å².